The molecule has 0 aliphatic heterocycles. The summed E-state index contributed by atoms with van der Waals surface area (Å²) >= 11 is 3.41. The fraction of sp³-hybridized carbons (Fsp3) is 0.111. The van der Waals surface area contributed by atoms with Crippen molar-refractivity contribution in [3.05, 3.63) is 28.2 Å². The monoisotopic (exact) mass is 253 g/mol. The van der Waals surface area contributed by atoms with Gasteiger partial charge in [-0.2, -0.15) is 4.98 Å². The molecule has 1 aromatic carbocycles. The Morgan fingerprint density at radius 1 is 1.43 bits per heavy atom. The number of halogens is 1. The van der Waals surface area contributed by atoms with Gasteiger partial charge in [-0.05, 0) is 40.1 Å². The van der Waals surface area contributed by atoms with Crippen LogP contribution in [-0.2, 0) is 0 Å². The maximum Gasteiger partial charge on any atom is 0.261 e. The molecule has 1 heterocycles. The number of aryl methyl sites for hydroxylation is 1. The number of aromatic nitrogens is 2. The number of nitrogens with zero attached hydrogens (tertiary/aromatic N) is 2. The number of hydrogen-bond donors (Lipinski definition) is 1. The molecule has 0 amide bonds. The third-order valence-corrected chi connectivity index (χ3v) is 2.49. The minimum atomic E-state index is 0.147. The number of hydrogen-bond acceptors (Lipinski definition) is 4. The summed E-state index contributed by atoms with van der Waals surface area (Å²) in [4.78, 5) is 3.95. The second kappa shape index (κ2) is 3.42. The average molecular weight is 254 g/mol. The van der Waals surface area contributed by atoms with Crippen molar-refractivity contribution in [1.29, 1.82) is 0 Å². The van der Waals surface area contributed by atoms with Crippen LogP contribution in [0, 0.1) is 6.92 Å². The van der Waals surface area contributed by atoms with Gasteiger partial charge in [-0.1, -0.05) is 11.6 Å². The van der Waals surface area contributed by atoms with Gasteiger partial charge in [0, 0.05) is 4.47 Å². The zero-order chi connectivity index (χ0) is 10.1. The van der Waals surface area contributed by atoms with Gasteiger partial charge in [-0.15, -0.1) is 0 Å². The van der Waals surface area contributed by atoms with Crippen molar-refractivity contribution < 1.29 is 4.52 Å². The minimum Gasteiger partial charge on any atom is -0.365 e. The van der Waals surface area contributed by atoms with E-state index >= 15 is 0 Å². The van der Waals surface area contributed by atoms with Crippen LogP contribution in [0.15, 0.2) is 27.2 Å². The van der Waals surface area contributed by atoms with Crippen molar-refractivity contribution in [1.82, 2.24) is 10.1 Å². The normalized spacial score (nSPS) is 10.4. The lowest BCUT2D eigenvalue weighted by Gasteiger charge is -1.99. The third-order valence-electron chi connectivity index (χ3n) is 1.79. The van der Waals surface area contributed by atoms with Crippen LogP contribution in [0.25, 0.3) is 11.5 Å². The minimum absolute atomic E-state index is 0.147. The van der Waals surface area contributed by atoms with E-state index in [0.717, 1.165) is 15.6 Å². The summed E-state index contributed by atoms with van der Waals surface area (Å²) in [7, 11) is 0. The van der Waals surface area contributed by atoms with Gasteiger partial charge < -0.3 is 10.3 Å². The van der Waals surface area contributed by atoms with E-state index in [1.54, 1.807) is 0 Å². The molecule has 0 unspecified atom stereocenters. The summed E-state index contributed by atoms with van der Waals surface area (Å²) < 4.78 is 5.88. The fourth-order valence-corrected chi connectivity index (χ4v) is 1.56. The summed E-state index contributed by atoms with van der Waals surface area (Å²) in [6.07, 6.45) is 0. The Bertz CT molecular complexity index is 467. The van der Waals surface area contributed by atoms with Gasteiger partial charge in [0.05, 0.1) is 5.56 Å². The number of anilines is 1. The SMILES string of the molecule is Cc1ccc(Br)c(-c2nc(N)no2)c1. The Morgan fingerprint density at radius 2 is 2.21 bits per heavy atom. The van der Waals surface area contributed by atoms with Crippen LogP contribution >= 0.6 is 15.9 Å². The van der Waals surface area contributed by atoms with E-state index in [9.17, 15) is 0 Å². The highest BCUT2D eigenvalue weighted by Crippen LogP contribution is 2.27. The van der Waals surface area contributed by atoms with Crippen LogP contribution in [0.4, 0.5) is 5.95 Å². The molecule has 5 heteroatoms. The van der Waals surface area contributed by atoms with Gasteiger partial charge in [-0.25, -0.2) is 0 Å². The van der Waals surface area contributed by atoms with Gasteiger partial charge in [0.1, 0.15) is 0 Å². The molecule has 0 saturated heterocycles. The molecule has 0 radical (unpaired) electrons. The molecule has 72 valence electrons. The smallest absolute Gasteiger partial charge is 0.261 e. The highest BCUT2D eigenvalue weighted by atomic mass is 79.9. The molecule has 0 spiro atoms. The Balaban J connectivity index is 2.55. The van der Waals surface area contributed by atoms with Gasteiger partial charge in [0.15, 0.2) is 0 Å². The topological polar surface area (TPSA) is 64.9 Å². The van der Waals surface area contributed by atoms with Gasteiger partial charge in [0.25, 0.3) is 11.8 Å². The van der Waals surface area contributed by atoms with Crippen molar-refractivity contribution in [2.45, 2.75) is 6.92 Å². The first-order chi connectivity index (χ1) is 6.66. The number of nitrogens with two attached hydrogens (primary N) is 1. The summed E-state index contributed by atoms with van der Waals surface area (Å²) in [6, 6.07) is 5.88. The zero-order valence-electron chi connectivity index (χ0n) is 7.49. The van der Waals surface area contributed by atoms with Crippen LogP contribution in [0.5, 0.6) is 0 Å². The molecule has 4 nitrogen and oxygen atoms in total. The number of benzene rings is 1. The molecule has 2 aromatic rings. The maximum absolute atomic E-state index is 5.37. The molecule has 2 rings (SSSR count). The van der Waals surface area contributed by atoms with Crippen molar-refractivity contribution in [3.63, 3.8) is 0 Å². The first kappa shape index (κ1) is 9.21. The Labute approximate surface area is 89.2 Å². The van der Waals surface area contributed by atoms with Crippen LogP contribution in [0.3, 0.4) is 0 Å². The molecule has 14 heavy (non-hydrogen) atoms. The molecular weight excluding hydrogens is 246 g/mol. The quantitative estimate of drug-likeness (QED) is 0.848. The summed E-state index contributed by atoms with van der Waals surface area (Å²) in [5, 5.41) is 3.53. The van der Waals surface area contributed by atoms with E-state index < -0.39 is 0 Å². The first-order valence-corrected chi connectivity index (χ1v) is 4.82. The van der Waals surface area contributed by atoms with E-state index in [-0.39, 0.29) is 5.95 Å². The molecule has 0 bridgehead atoms. The molecule has 0 aliphatic carbocycles. The Morgan fingerprint density at radius 3 is 2.86 bits per heavy atom. The van der Waals surface area contributed by atoms with E-state index in [0.29, 0.717) is 5.89 Å². The molecule has 2 N–H and O–H groups in total. The molecule has 0 fully saturated rings. The van der Waals surface area contributed by atoms with E-state index in [2.05, 4.69) is 26.1 Å². The van der Waals surface area contributed by atoms with Gasteiger partial charge in [-0.3, -0.25) is 0 Å². The second-order valence-corrected chi connectivity index (χ2v) is 3.80. The van der Waals surface area contributed by atoms with Crippen LogP contribution in [0.1, 0.15) is 5.56 Å². The lowest BCUT2D eigenvalue weighted by molar-refractivity contribution is 0.433. The van der Waals surface area contributed by atoms with Gasteiger partial charge >= 0.3 is 0 Å². The highest BCUT2D eigenvalue weighted by molar-refractivity contribution is 9.10. The molecular formula is C9H8BrN3O. The number of nitrogen functional groups attached to an aromatic ring is 1. The van der Waals surface area contributed by atoms with Crippen molar-refractivity contribution in [2.24, 2.45) is 0 Å². The highest BCUT2D eigenvalue weighted by Gasteiger charge is 2.10. The van der Waals surface area contributed by atoms with E-state index in [1.165, 1.54) is 0 Å². The van der Waals surface area contributed by atoms with Crippen molar-refractivity contribution in [2.75, 3.05) is 5.73 Å². The van der Waals surface area contributed by atoms with Crippen LogP contribution in [-0.4, -0.2) is 10.1 Å². The Kier molecular flexibility index (Phi) is 2.25. The number of rotatable bonds is 1. The Hall–Kier alpha value is -1.36. The third kappa shape index (κ3) is 1.63. The predicted molar refractivity (Wildman–Crippen MR) is 56.6 cm³/mol. The fourth-order valence-electron chi connectivity index (χ4n) is 1.15. The summed E-state index contributed by atoms with van der Waals surface area (Å²) in [5.41, 5.74) is 7.35. The van der Waals surface area contributed by atoms with Crippen molar-refractivity contribution in [3.8, 4) is 11.5 Å². The lowest BCUT2D eigenvalue weighted by atomic mass is 10.1. The standard InChI is InChI=1S/C9H8BrN3O/c1-5-2-3-7(10)6(4-5)8-12-9(11)13-14-8/h2-4H,1H3,(H2,11,13). The molecule has 0 aliphatic rings. The average Bonchev–Trinajstić information content (AvgIpc) is 2.56. The van der Waals surface area contributed by atoms with Crippen LogP contribution < -0.4 is 5.73 Å². The zero-order valence-corrected chi connectivity index (χ0v) is 9.08. The molecule has 0 saturated carbocycles. The lowest BCUT2D eigenvalue weighted by Crippen LogP contribution is -1.86. The van der Waals surface area contributed by atoms with Crippen molar-refractivity contribution >= 4 is 21.9 Å². The summed E-state index contributed by atoms with van der Waals surface area (Å²) in [6.45, 7) is 2.00. The second-order valence-electron chi connectivity index (χ2n) is 2.94. The molecule has 1 aromatic heterocycles. The predicted octanol–water partition coefficient (Wildman–Crippen LogP) is 2.39. The maximum atomic E-state index is 5.37. The first-order valence-electron chi connectivity index (χ1n) is 4.02. The van der Waals surface area contributed by atoms with E-state index in [1.807, 2.05) is 25.1 Å². The summed E-state index contributed by atoms with van der Waals surface area (Å²) in [5.74, 6) is 0.575. The molecule has 0 atom stereocenters. The van der Waals surface area contributed by atoms with E-state index in [4.69, 9.17) is 10.3 Å². The van der Waals surface area contributed by atoms with Gasteiger partial charge in [0.2, 0.25) is 0 Å². The largest absolute Gasteiger partial charge is 0.365 e. The van der Waals surface area contributed by atoms with Crippen LogP contribution in [0.2, 0.25) is 0 Å².